The summed E-state index contributed by atoms with van der Waals surface area (Å²) in [7, 11) is 0. The second kappa shape index (κ2) is 8.43. The molecule has 0 aliphatic carbocycles. The number of benzene rings is 2. The van der Waals surface area contributed by atoms with Crippen LogP contribution in [0.1, 0.15) is 38.3 Å². The van der Waals surface area contributed by atoms with Crippen molar-refractivity contribution >= 4 is 11.8 Å². The average molecular weight is 313 g/mol. The van der Waals surface area contributed by atoms with Crippen LogP contribution in [0.3, 0.4) is 0 Å². The van der Waals surface area contributed by atoms with Gasteiger partial charge in [-0.25, -0.2) is 0 Å². The van der Waals surface area contributed by atoms with Crippen molar-refractivity contribution in [3.8, 4) is 0 Å². The van der Waals surface area contributed by atoms with Crippen LogP contribution >= 0.6 is 11.8 Å². The van der Waals surface area contributed by atoms with Gasteiger partial charge in [-0.05, 0) is 41.1 Å². The molecule has 1 heteroatoms. The molecule has 0 nitrogen and oxygen atoms in total. The van der Waals surface area contributed by atoms with Crippen molar-refractivity contribution in [3.63, 3.8) is 0 Å². The molecule has 1 atom stereocenters. The second-order valence-electron chi connectivity index (χ2n) is 7.09. The van der Waals surface area contributed by atoms with Crippen molar-refractivity contribution in [2.75, 3.05) is 5.75 Å². The molecule has 0 amide bonds. The van der Waals surface area contributed by atoms with Gasteiger partial charge >= 0.3 is 0 Å². The van der Waals surface area contributed by atoms with Crippen LogP contribution in [0.4, 0.5) is 0 Å². The minimum Gasteiger partial charge on any atom is -0.157 e. The summed E-state index contributed by atoms with van der Waals surface area (Å²) in [5.41, 5.74) is 3.27. The highest BCUT2D eigenvalue weighted by atomic mass is 32.2. The van der Waals surface area contributed by atoms with Gasteiger partial charge < -0.3 is 0 Å². The molecule has 2 rings (SSSR count). The molecule has 0 N–H and O–H groups in total. The third-order valence-electron chi connectivity index (χ3n) is 4.28. The molecule has 0 aromatic heterocycles. The Hall–Kier alpha value is -1.21. The Morgan fingerprint density at radius 1 is 0.818 bits per heavy atom. The van der Waals surface area contributed by atoms with E-state index in [1.807, 2.05) is 0 Å². The lowest BCUT2D eigenvalue weighted by Gasteiger charge is -2.30. The van der Waals surface area contributed by atoms with E-state index in [1.165, 1.54) is 29.7 Å². The fourth-order valence-corrected chi connectivity index (χ4v) is 4.14. The van der Waals surface area contributed by atoms with Crippen LogP contribution in [0.25, 0.3) is 0 Å². The molecule has 0 spiro atoms. The first-order chi connectivity index (χ1) is 10.6. The molecule has 0 bridgehead atoms. The van der Waals surface area contributed by atoms with E-state index in [0.717, 1.165) is 11.7 Å². The molecule has 0 aliphatic rings. The summed E-state index contributed by atoms with van der Waals surface area (Å²) in [6.07, 6.45) is 2.46. The fraction of sp³-hybridized carbons (Fsp3) is 0.429. The zero-order valence-electron chi connectivity index (χ0n) is 14.1. The maximum Gasteiger partial charge on any atom is 0.0184 e. The predicted molar refractivity (Wildman–Crippen MR) is 100 cm³/mol. The van der Waals surface area contributed by atoms with E-state index in [0.29, 0.717) is 5.41 Å². The van der Waals surface area contributed by atoms with E-state index in [2.05, 4.69) is 93.2 Å². The zero-order chi connectivity index (χ0) is 15.8. The summed E-state index contributed by atoms with van der Waals surface area (Å²) < 4.78 is 0. The van der Waals surface area contributed by atoms with Gasteiger partial charge in [0.1, 0.15) is 0 Å². The quantitative estimate of drug-likeness (QED) is 0.585. The molecule has 0 radical (unpaired) electrons. The third kappa shape index (κ3) is 5.88. The minimum absolute atomic E-state index is 0.373. The normalized spacial score (nSPS) is 13.0. The Morgan fingerprint density at radius 3 is 1.91 bits per heavy atom. The van der Waals surface area contributed by atoms with Gasteiger partial charge in [0.15, 0.2) is 0 Å². The van der Waals surface area contributed by atoms with Crippen molar-refractivity contribution < 1.29 is 0 Å². The van der Waals surface area contributed by atoms with Crippen molar-refractivity contribution in [3.05, 3.63) is 71.8 Å². The first kappa shape index (κ1) is 17.1. The summed E-state index contributed by atoms with van der Waals surface area (Å²) in [5.74, 6) is 3.12. The van der Waals surface area contributed by atoms with Gasteiger partial charge in [-0.2, -0.15) is 11.8 Å². The Morgan fingerprint density at radius 2 is 1.36 bits per heavy atom. The largest absolute Gasteiger partial charge is 0.157 e. The summed E-state index contributed by atoms with van der Waals surface area (Å²) in [6, 6.07) is 21.7. The molecular formula is C21H28S. The van der Waals surface area contributed by atoms with Crippen LogP contribution in [0.15, 0.2) is 60.7 Å². The van der Waals surface area contributed by atoms with Gasteiger partial charge in [0.2, 0.25) is 0 Å². The van der Waals surface area contributed by atoms with Crippen LogP contribution in [0.5, 0.6) is 0 Å². The first-order valence-electron chi connectivity index (χ1n) is 8.21. The van der Waals surface area contributed by atoms with Gasteiger partial charge in [0, 0.05) is 5.75 Å². The van der Waals surface area contributed by atoms with Crippen molar-refractivity contribution in [1.29, 1.82) is 0 Å². The summed E-state index contributed by atoms with van der Waals surface area (Å²) in [5, 5.41) is 0. The van der Waals surface area contributed by atoms with Crippen LogP contribution in [-0.4, -0.2) is 5.75 Å². The Kier molecular flexibility index (Phi) is 6.57. The minimum atomic E-state index is 0.373. The molecule has 0 saturated carbocycles. The Balaban J connectivity index is 1.84. The number of thioether (sulfide) groups is 1. The van der Waals surface area contributed by atoms with Gasteiger partial charge in [0.05, 0.1) is 0 Å². The molecule has 2 aromatic carbocycles. The van der Waals surface area contributed by atoms with E-state index in [1.54, 1.807) is 0 Å². The van der Waals surface area contributed by atoms with Gasteiger partial charge in [-0.15, -0.1) is 0 Å². The first-order valence-corrected chi connectivity index (χ1v) is 9.37. The highest BCUT2D eigenvalue weighted by Crippen LogP contribution is 2.33. The van der Waals surface area contributed by atoms with Crippen molar-refractivity contribution in [1.82, 2.24) is 0 Å². The second-order valence-corrected chi connectivity index (χ2v) is 8.12. The van der Waals surface area contributed by atoms with E-state index in [-0.39, 0.29) is 0 Å². The van der Waals surface area contributed by atoms with E-state index < -0.39 is 0 Å². The molecule has 0 fully saturated rings. The lowest BCUT2D eigenvalue weighted by Crippen LogP contribution is -2.23. The van der Waals surface area contributed by atoms with E-state index in [4.69, 9.17) is 0 Å². The molecule has 22 heavy (non-hydrogen) atoms. The van der Waals surface area contributed by atoms with Crippen LogP contribution < -0.4 is 0 Å². The molecule has 0 heterocycles. The van der Waals surface area contributed by atoms with Crippen LogP contribution in [-0.2, 0) is 12.2 Å². The lowest BCUT2D eigenvalue weighted by molar-refractivity contribution is 0.252. The highest BCUT2D eigenvalue weighted by molar-refractivity contribution is 7.98. The van der Waals surface area contributed by atoms with Gasteiger partial charge in [-0.1, -0.05) is 81.4 Å². The topological polar surface area (TPSA) is 0 Å². The molecule has 118 valence electrons. The van der Waals surface area contributed by atoms with Crippen LogP contribution in [0, 0.1) is 11.3 Å². The van der Waals surface area contributed by atoms with Crippen LogP contribution in [0.2, 0.25) is 0 Å². The van der Waals surface area contributed by atoms with Gasteiger partial charge in [0.25, 0.3) is 0 Å². The SMILES string of the molecule is CC(C)(C)C(CCc1ccccc1)CSCc1ccccc1. The predicted octanol–water partition coefficient (Wildman–Crippen LogP) is 6.21. The monoisotopic (exact) mass is 312 g/mol. The van der Waals surface area contributed by atoms with Gasteiger partial charge in [-0.3, -0.25) is 0 Å². The number of hydrogen-bond acceptors (Lipinski definition) is 1. The van der Waals surface area contributed by atoms with E-state index in [9.17, 15) is 0 Å². The average Bonchev–Trinajstić information content (AvgIpc) is 2.51. The Bertz CT molecular complexity index is 525. The molecule has 1 unspecified atom stereocenters. The summed E-state index contributed by atoms with van der Waals surface area (Å²) >= 11 is 2.08. The number of hydrogen-bond donors (Lipinski definition) is 0. The van der Waals surface area contributed by atoms with E-state index >= 15 is 0 Å². The fourth-order valence-electron chi connectivity index (χ4n) is 2.65. The number of rotatable bonds is 7. The maximum atomic E-state index is 2.38. The summed E-state index contributed by atoms with van der Waals surface area (Å²) in [4.78, 5) is 0. The third-order valence-corrected chi connectivity index (χ3v) is 5.46. The van der Waals surface area contributed by atoms with Crippen molar-refractivity contribution in [2.24, 2.45) is 11.3 Å². The molecule has 0 saturated heterocycles. The Labute approximate surface area is 140 Å². The summed E-state index contributed by atoms with van der Waals surface area (Å²) in [6.45, 7) is 7.14. The lowest BCUT2D eigenvalue weighted by atomic mass is 9.79. The smallest absolute Gasteiger partial charge is 0.0184 e. The highest BCUT2D eigenvalue weighted by Gasteiger charge is 2.24. The maximum absolute atomic E-state index is 2.38. The number of aryl methyl sites for hydroxylation is 1. The standard InChI is InChI=1S/C21H28S/c1-21(2,3)20(15-14-18-10-6-4-7-11-18)17-22-16-19-12-8-5-9-13-19/h4-13,20H,14-17H2,1-3H3. The molecule has 2 aromatic rings. The molecule has 0 aliphatic heterocycles. The molecular weight excluding hydrogens is 284 g/mol. The zero-order valence-corrected chi connectivity index (χ0v) is 14.9. The van der Waals surface area contributed by atoms with Crippen molar-refractivity contribution in [2.45, 2.75) is 39.4 Å².